The SMILES string of the molecule is CC(C(N)c1cccc(OC2CC2)c1)S(C)(=O)=O. The molecule has 1 aromatic carbocycles. The topological polar surface area (TPSA) is 69.4 Å². The smallest absolute Gasteiger partial charge is 0.151 e. The molecule has 1 fully saturated rings. The maximum atomic E-state index is 11.5. The van der Waals surface area contributed by atoms with Gasteiger partial charge in [0.05, 0.1) is 11.4 Å². The molecule has 0 spiro atoms. The van der Waals surface area contributed by atoms with Crippen molar-refractivity contribution in [2.75, 3.05) is 6.26 Å². The molecule has 0 saturated heterocycles. The number of sulfone groups is 1. The first-order valence-corrected chi connectivity index (χ1v) is 8.04. The maximum Gasteiger partial charge on any atom is 0.151 e. The van der Waals surface area contributed by atoms with Gasteiger partial charge in [-0.3, -0.25) is 0 Å². The summed E-state index contributed by atoms with van der Waals surface area (Å²) < 4.78 is 28.7. The molecule has 2 rings (SSSR count). The van der Waals surface area contributed by atoms with Crippen LogP contribution in [0.4, 0.5) is 0 Å². The van der Waals surface area contributed by atoms with Crippen LogP contribution in [0.15, 0.2) is 24.3 Å². The average molecular weight is 269 g/mol. The van der Waals surface area contributed by atoms with Crippen LogP contribution in [0.1, 0.15) is 31.4 Å². The minimum absolute atomic E-state index is 0.323. The third-order valence-corrected chi connectivity index (χ3v) is 4.90. The molecule has 18 heavy (non-hydrogen) atoms. The molecule has 0 aromatic heterocycles. The van der Waals surface area contributed by atoms with Gasteiger partial charge in [0.15, 0.2) is 9.84 Å². The van der Waals surface area contributed by atoms with Crippen LogP contribution in [0.3, 0.4) is 0 Å². The average Bonchev–Trinajstić information content (AvgIpc) is 3.10. The third kappa shape index (κ3) is 3.23. The highest BCUT2D eigenvalue weighted by atomic mass is 32.2. The van der Waals surface area contributed by atoms with Crippen LogP contribution in [0.25, 0.3) is 0 Å². The molecular formula is C13H19NO3S. The second kappa shape index (κ2) is 4.90. The molecule has 2 atom stereocenters. The first kappa shape index (κ1) is 13.4. The van der Waals surface area contributed by atoms with Crippen molar-refractivity contribution in [3.05, 3.63) is 29.8 Å². The summed E-state index contributed by atoms with van der Waals surface area (Å²) in [6.45, 7) is 1.63. The Morgan fingerprint density at radius 2 is 2.06 bits per heavy atom. The fraction of sp³-hybridized carbons (Fsp3) is 0.538. The number of nitrogens with two attached hydrogens (primary N) is 1. The number of rotatable bonds is 5. The zero-order valence-electron chi connectivity index (χ0n) is 10.7. The standard InChI is InChI=1S/C13H19NO3S/c1-9(18(2,15)16)13(14)10-4-3-5-12(8-10)17-11-6-7-11/h3-5,8-9,11,13H,6-7,14H2,1-2H3. The lowest BCUT2D eigenvalue weighted by molar-refractivity contribution is 0.302. The third-order valence-electron chi connectivity index (χ3n) is 3.25. The Balaban J connectivity index is 2.16. The van der Waals surface area contributed by atoms with Crippen LogP contribution in [0.5, 0.6) is 5.75 Å². The summed E-state index contributed by atoms with van der Waals surface area (Å²) in [5.74, 6) is 0.770. The predicted octanol–water partition coefficient (Wildman–Crippen LogP) is 1.66. The van der Waals surface area contributed by atoms with E-state index in [4.69, 9.17) is 10.5 Å². The van der Waals surface area contributed by atoms with Crippen molar-refractivity contribution in [1.29, 1.82) is 0 Å². The van der Waals surface area contributed by atoms with Gasteiger partial charge >= 0.3 is 0 Å². The number of ether oxygens (including phenoxy) is 1. The van der Waals surface area contributed by atoms with E-state index in [1.165, 1.54) is 6.26 Å². The molecular weight excluding hydrogens is 250 g/mol. The molecule has 4 nitrogen and oxygen atoms in total. The second-order valence-corrected chi connectivity index (χ2v) is 7.35. The van der Waals surface area contributed by atoms with Gasteiger partial charge in [0.25, 0.3) is 0 Å². The van der Waals surface area contributed by atoms with Gasteiger partial charge in [0, 0.05) is 12.3 Å². The number of hydrogen-bond acceptors (Lipinski definition) is 4. The summed E-state index contributed by atoms with van der Waals surface area (Å²) in [4.78, 5) is 0. The fourth-order valence-electron chi connectivity index (χ4n) is 1.71. The van der Waals surface area contributed by atoms with Crippen LogP contribution >= 0.6 is 0 Å². The first-order valence-electron chi connectivity index (χ1n) is 6.09. The summed E-state index contributed by atoms with van der Waals surface area (Å²) in [6, 6.07) is 6.88. The molecule has 2 unspecified atom stereocenters. The predicted molar refractivity (Wildman–Crippen MR) is 71.3 cm³/mol. The summed E-state index contributed by atoms with van der Waals surface area (Å²) >= 11 is 0. The molecule has 1 aliphatic rings. The quantitative estimate of drug-likeness (QED) is 0.882. The van der Waals surface area contributed by atoms with Crippen molar-refractivity contribution < 1.29 is 13.2 Å². The van der Waals surface area contributed by atoms with Crippen molar-refractivity contribution in [2.45, 2.75) is 37.2 Å². The van der Waals surface area contributed by atoms with Crippen LogP contribution in [-0.4, -0.2) is 26.0 Å². The highest BCUT2D eigenvalue weighted by molar-refractivity contribution is 7.91. The van der Waals surface area contributed by atoms with Crippen LogP contribution in [0.2, 0.25) is 0 Å². The lowest BCUT2D eigenvalue weighted by Gasteiger charge is -2.19. The van der Waals surface area contributed by atoms with Gasteiger partial charge in [-0.15, -0.1) is 0 Å². The lowest BCUT2D eigenvalue weighted by Crippen LogP contribution is -2.30. The highest BCUT2D eigenvalue weighted by Gasteiger charge is 2.26. The van der Waals surface area contributed by atoms with E-state index in [1.807, 2.05) is 24.3 Å². The van der Waals surface area contributed by atoms with Crippen LogP contribution in [-0.2, 0) is 9.84 Å². The Labute approximate surface area is 108 Å². The maximum absolute atomic E-state index is 11.5. The van der Waals surface area contributed by atoms with E-state index in [-0.39, 0.29) is 0 Å². The van der Waals surface area contributed by atoms with E-state index in [0.29, 0.717) is 6.10 Å². The first-order chi connectivity index (χ1) is 8.38. The van der Waals surface area contributed by atoms with E-state index < -0.39 is 21.1 Å². The second-order valence-electron chi connectivity index (χ2n) is 4.95. The molecule has 0 radical (unpaired) electrons. The molecule has 0 amide bonds. The lowest BCUT2D eigenvalue weighted by atomic mass is 10.1. The highest BCUT2D eigenvalue weighted by Crippen LogP contribution is 2.29. The Morgan fingerprint density at radius 3 is 2.61 bits per heavy atom. The van der Waals surface area contributed by atoms with Crippen molar-refractivity contribution in [3.8, 4) is 5.75 Å². The summed E-state index contributed by atoms with van der Waals surface area (Å²) in [5, 5.41) is -0.603. The zero-order chi connectivity index (χ0) is 13.3. The van der Waals surface area contributed by atoms with Gasteiger partial charge in [-0.05, 0) is 37.5 Å². The molecule has 1 aromatic rings. The molecule has 0 bridgehead atoms. The fourth-order valence-corrected chi connectivity index (χ4v) is 2.40. The summed E-state index contributed by atoms with van der Waals surface area (Å²) in [5.41, 5.74) is 6.80. The normalized spacial score (nSPS) is 19.3. The molecule has 1 saturated carbocycles. The van der Waals surface area contributed by atoms with Crippen LogP contribution in [0, 0.1) is 0 Å². The van der Waals surface area contributed by atoms with E-state index in [1.54, 1.807) is 6.92 Å². The van der Waals surface area contributed by atoms with E-state index in [0.717, 1.165) is 24.2 Å². The number of benzene rings is 1. The van der Waals surface area contributed by atoms with Gasteiger partial charge in [-0.1, -0.05) is 12.1 Å². The number of hydrogen-bond donors (Lipinski definition) is 1. The van der Waals surface area contributed by atoms with Crippen molar-refractivity contribution >= 4 is 9.84 Å². The molecule has 1 aliphatic carbocycles. The van der Waals surface area contributed by atoms with Crippen molar-refractivity contribution in [3.63, 3.8) is 0 Å². The molecule has 0 aliphatic heterocycles. The van der Waals surface area contributed by atoms with Gasteiger partial charge in [-0.25, -0.2) is 8.42 Å². The zero-order valence-corrected chi connectivity index (χ0v) is 11.5. The van der Waals surface area contributed by atoms with Crippen molar-refractivity contribution in [2.24, 2.45) is 5.73 Å². The van der Waals surface area contributed by atoms with E-state index in [9.17, 15) is 8.42 Å². The van der Waals surface area contributed by atoms with Gasteiger partial charge in [0.2, 0.25) is 0 Å². The van der Waals surface area contributed by atoms with Crippen molar-refractivity contribution in [1.82, 2.24) is 0 Å². The van der Waals surface area contributed by atoms with E-state index >= 15 is 0 Å². The van der Waals surface area contributed by atoms with Gasteiger partial charge < -0.3 is 10.5 Å². The van der Waals surface area contributed by atoms with Crippen LogP contribution < -0.4 is 10.5 Å². The summed E-state index contributed by atoms with van der Waals surface area (Å²) in [7, 11) is -3.14. The molecule has 2 N–H and O–H groups in total. The minimum Gasteiger partial charge on any atom is -0.490 e. The Hall–Kier alpha value is -1.07. The monoisotopic (exact) mass is 269 g/mol. The Kier molecular flexibility index (Phi) is 3.64. The summed E-state index contributed by atoms with van der Waals surface area (Å²) in [6.07, 6.45) is 3.72. The molecule has 100 valence electrons. The van der Waals surface area contributed by atoms with Gasteiger partial charge in [-0.2, -0.15) is 0 Å². The Bertz CT molecular complexity index is 523. The Morgan fingerprint density at radius 1 is 1.39 bits per heavy atom. The van der Waals surface area contributed by atoms with Gasteiger partial charge in [0.1, 0.15) is 5.75 Å². The van der Waals surface area contributed by atoms with E-state index in [2.05, 4.69) is 0 Å². The minimum atomic E-state index is -3.14. The largest absolute Gasteiger partial charge is 0.490 e. The molecule has 0 heterocycles. The molecule has 5 heteroatoms.